The maximum absolute atomic E-state index is 13.6. The molecule has 31 heavy (non-hydrogen) atoms. The maximum atomic E-state index is 13.6. The number of esters is 1. The van der Waals surface area contributed by atoms with Crippen molar-refractivity contribution in [3.05, 3.63) is 82.9 Å². The Hall–Kier alpha value is -4.02. The van der Waals surface area contributed by atoms with Gasteiger partial charge in [-0.3, -0.25) is 9.78 Å². The zero-order chi connectivity index (χ0) is 22.7. The molecule has 160 valence electrons. The van der Waals surface area contributed by atoms with Crippen LogP contribution in [-0.4, -0.2) is 23.9 Å². The van der Waals surface area contributed by atoms with E-state index in [9.17, 15) is 31.5 Å². The average Bonchev–Trinajstić information content (AvgIpc) is 2.79. The second-order valence-corrected chi connectivity index (χ2v) is 5.87. The summed E-state index contributed by atoms with van der Waals surface area (Å²) in [6.45, 7) is 0. The number of halogens is 5. The lowest BCUT2D eigenvalue weighted by molar-refractivity contribution is 0.0715. The first-order valence-electron chi connectivity index (χ1n) is 8.42. The van der Waals surface area contributed by atoms with E-state index in [0.29, 0.717) is 0 Å². The van der Waals surface area contributed by atoms with Crippen LogP contribution >= 0.6 is 0 Å². The molecule has 0 aliphatic rings. The molecule has 0 saturated heterocycles. The molecule has 3 rings (SSSR count). The highest BCUT2D eigenvalue weighted by Crippen LogP contribution is 2.30. The third-order valence-electron chi connectivity index (χ3n) is 3.88. The topological polar surface area (TPSA) is 77.5 Å². The van der Waals surface area contributed by atoms with E-state index >= 15 is 0 Å². The van der Waals surface area contributed by atoms with Crippen molar-refractivity contribution in [3.63, 3.8) is 0 Å². The van der Waals surface area contributed by atoms with Crippen molar-refractivity contribution in [2.75, 3.05) is 7.05 Å². The molecule has 1 N–H and O–H groups in total. The normalized spacial score (nSPS) is 10.5. The van der Waals surface area contributed by atoms with Crippen LogP contribution in [0.25, 0.3) is 0 Å². The number of pyridine rings is 1. The molecule has 0 spiro atoms. The first kappa shape index (κ1) is 21.7. The first-order valence-corrected chi connectivity index (χ1v) is 8.42. The summed E-state index contributed by atoms with van der Waals surface area (Å²) in [5.74, 6) is -14.4. The largest absolute Gasteiger partial charge is 0.457 e. The number of ether oxygens (including phenoxy) is 2. The molecule has 0 unspecified atom stereocenters. The van der Waals surface area contributed by atoms with Crippen molar-refractivity contribution in [1.29, 1.82) is 0 Å². The van der Waals surface area contributed by atoms with Crippen LogP contribution in [0.2, 0.25) is 0 Å². The van der Waals surface area contributed by atoms with Gasteiger partial charge in [0.15, 0.2) is 0 Å². The Morgan fingerprint density at radius 3 is 2.00 bits per heavy atom. The van der Waals surface area contributed by atoms with E-state index in [2.05, 4.69) is 15.0 Å². The average molecular weight is 438 g/mol. The number of carbonyl (C=O) groups is 2. The molecule has 0 atom stereocenters. The monoisotopic (exact) mass is 438 g/mol. The molecule has 1 aromatic heterocycles. The summed E-state index contributed by atoms with van der Waals surface area (Å²) in [5.41, 5.74) is -0.153. The molecule has 0 fully saturated rings. The molecule has 11 heteroatoms. The highest BCUT2D eigenvalue weighted by atomic mass is 19.2. The lowest BCUT2D eigenvalue weighted by atomic mass is 10.2. The molecule has 1 heterocycles. The minimum atomic E-state index is -2.37. The Bertz CT molecular complexity index is 1140. The number of rotatable bonds is 5. The molecule has 1 amide bonds. The highest BCUT2D eigenvalue weighted by molar-refractivity contribution is 5.92. The van der Waals surface area contributed by atoms with Gasteiger partial charge in [0.2, 0.25) is 34.8 Å². The lowest BCUT2D eigenvalue weighted by Crippen LogP contribution is -2.18. The van der Waals surface area contributed by atoms with Crippen molar-refractivity contribution in [1.82, 2.24) is 10.3 Å². The van der Waals surface area contributed by atoms with E-state index < -0.39 is 46.7 Å². The summed E-state index contributed by atoms with van der Waals surface area (Å²) in [7, 11) is 1.43. The van der Waals surface area contributed by atoms with Crippen LogP contribution < -0.4 is 14.8 Å². The summed E-state index contributed by atoms with van der Waals surface area (Å²) in [6.07, 6.45) is 1.34. The highest BCUT2D eigenvalue weighted by Gasteiger charge is 2.28. The van der Waals surface area contributed by atoms with Crippen LogP contribution in [0.4, 0.5) is 22.0 Å². The number of benzene rings is 2. The molecule has 6 nitrogen and oxygen atoms in total. The van der Waals surface area contributed by atoms with Gasteiger partial charge in [-0.15, -0.1) is 0 Å². The van der Waals surface area contributed by atoms with E-state index in [1.807, 2.05) is 0 Å². The fraction of sp³-hybridized carbons (Fsp3) is 0.0500. The molecule has 0 radical (unpaired) electrons. The van der Waals surface area contributed by atoms with Crippen LogP contribution in [0.1, 0.15) is 20.8 Å². The summed E-state index contributed by atoms with van der Waals surface area (Å²) in [4.78, 5) is 27.5. The number of hydrogen-bond acceptors (Lipinski definition) is 5. The molecular formula is C20H11F5N2O4. The third kappa shape index (κ3) is 4.44. The SMILES string of the molecule is CNC(=O)c1cc(Oc2ccc(C(=O)Oc3c(F)c(F)c(F)c(F)c3F)cc2)ccn1. The minimum absolute atomic E-state index is 0.100. The summed E-state index contributed by atoms with van der Waals surface area (Å²) in [6, 6.07) is 7.70. The predicted molar refractivity (Wildman–Crippen MR) is 95.3 cm³/mol. The van der Waals surface area contributed by atoms with Gasteiger partial charge in [-0.1, -0.05) is 0 Å². The van der Waals surface area contributed by atoms with Crippen LogP contribution in [0.5, 0.6) is 17.2 Å². The van der Waals surface area contributed by atoms with E-state index in [1.165, 1.54) is 37.5 Å². The molecule has 2 aromatic carbocycles. The molecule has 0 saturated carbocycles. The summed E-state index contributed by atoms with van der Waals surface area (Å²) in [5, 5.41) is 2.40. The number of nitrogens with zero attached hydrogens (tertiary/aromatic N) is 1. The van der Waals surface area contributed by atoms with Gasteiger partial charge in [0.05, 0.1) is 5.56 Å². The van der Waals surface area contributed by atoms with Crippen LogP contribution in [0.3, 0.4) is 0 Å². The molecule has 0 bridgehead atoms. The van der Waals surface area contributed by atoms with Crippen molar-refractivity contribution in [3.8, 4) is 17.2 Å². The predicted octanol–water partition coefficient (Wildman–Crippen LogP) is 4.15. The molecule has 3 aromatic rings. The van der Waals surface area contributed by atoms with E-state index in [4.69, 9.17) is 4.74 Å². The number of nitrogens with one attached hydrogen (secondary N) is 1. The fourth-order valence-electron chi connectivity index (χ4n) is 2.35. The van der Waals surface area contributed by atoms with Gasteiger partial charge in [0.25, 0.3) is 5.91 Å². The van der Waals surface area contributed by atoms with Gasteiger partial charge < -0.3 is 14.8 Å². The van der Waals surface area contributed by atoms with E-state index in [0.717, 1.165) is 12.1 Å². The van der Waals surface area contributed by atoms with Gasteiger partial charge in [0.1, 0.15) is 17.2 Å². The Morgan fingerprint density at radius 1 is 0.839 bits per heavy atom. The second-order valence-electron chi connectivity index (χ2n) is 5.87. The van der Waals surface area contributed by atoms with Crippen LogP contribution in [-0.2, 0) is 0 Å². The minimum Gasteiger partial charge on any atom is -0.457 e. The quantitative estimate of drug-likeness (QED) is 0.213. The van der Waals surface area contributed by atoms with E-state index in [-0.39, 0.29) is 22.8 Å². The Labute approximate surface area is 171 Å². The molecular weight excluding hydrogens is 427 g/mol. The van der Waals surface area contributed by atoms with Crippen molar-refractivity contribution in [2.24, 2.45) is 0 Å². The van der Waals surface area contributed by atoms with Gasteiger partial charge >= 0.3 is 5.97 Å². The molecule has 0 aliphatic heterocycles. The Balaban J connectivity index is 1.77. The number of hydrogen-bond donors (Lipinski definition) is 1. The van der Waals surface area contributed by atoms with Gasteiger partial charge in [-0.25, -0.2) is 18.0 Å². The van der Waals surface area contributed by atoms with Crippen molar-refractivity contribution in [2.45, 2.75) is 0 Å². The second kappa shape index (κ2) is 8.78. The fourth-order valence-corrected chi connectivity index (χ4v) is 2.35. The number of carbonyl (C=O) groups excluding carboxylic acids is 2. The van der Waals surface area contributed by atoms with Gasteiger partial charge in [0, 0.05) is 19.3 Å². The van der Waals surface area contributed by atoms with Gasteiger partial charge in [-0.2, -0.15) is 8.78 Å². The lowest BCUT2D eigenvalue weighted by Gasteiger charge is -2.10. The zero-order valence-electron chi connectivity index (χ0n) is 15.5. The first-order chi connectivity index (χ1) is 14.7. The van der Waals surface area contributed by atoms with E-state index in [1.54, 1.807) is 0 Å². The summed E-state index contributed by atoms with van der Waals surface area (Å²) >= 11 is 0. The standard InChI is InChI=1S/C20H11F5N2O4/c1-26-19(28)12-8-11(6-7-27-12)30-10-4-2-9(3-5-10)20(29)31-18-16(24)14(22)13(21)15(23)17(18)25/h2-8H,1H3,(H,26,28). The van der Waals surface area contributed by atoms with Crippen molar-refractivity contribution >= 4 is 11.9 Å². The Morgan fingerprint density at radius 2 is 1.42 bits per heavy atom. The number of aromatic nitrogens is 1. The Kier molecular flexibility index (Phi) is 6.14. The maximum Gasteiger partial charge on any atom is 0.343 e. The third-order valence-corrected chi connectivity index (χ3v) is 3.88. The smallest absolute Gasteiger partial charge is 0.343 e. The van der Waals surface area contributed by atoms with Crippen molar-refractivity contribution < 1.29 is 41.0 Å². The summed E-state index contributed by atoms with van der Waals surface area (Å²) < 4.78 is 76.7. The number of amides is 1. The zero-order valence-corrected chi connectivity index (χ0v) is 15.5. The van der Waals surface area contributed by atoms with Crippen LogP contribution in [0.15, 0.2) is 42.6 Å². The van der Waals surface area contributed by atoms with Crippen LogP contribution in [0, 0.1) is 29.1 Å². The molecule has 0 aliphatic carbocycles. The van der Waals surface area contributed by atoms with Gasteiger partial charge in [-0.05, 0) is 30.3 Å².